The predicted octanol–water partition coefficient (Wildman–Crippen LogP) is 6.79. The lowest BCUT2D eigenvalue weighted by atomic mass is 9.85. The zero-order valence-corrected chi connectivity index (χ0v) is 32.3. The van der Waals surface area contributed by atoms with Gasteiger partial charge in [-0.25, -0.2) is 0 Å². The highest BCUT2D eigenvalue weighted by atomic mass is 16.5. The Morgan fingerprint density at radius 1 is 0.889 bits per heavy atom. The minimum atomic E-state index is -0.873. The van der Waals surface area contributed by atoms with Gasteiger partial charge in [-0.2, -0.15) is 0 Å². The summed E-state index contributed by atoms with van der Waals surface area (Å²) in [5.41, 5.74) is 5.74. The standard InChI is InChI=1S/C45H58N4O5/c1-4-32-15-16-43-38(22-32)40(27-45(54-43)18-9-10-19-45)46-28-42(52)39(23-33-12-6-5-7-13-33)47-44(53)37-25-35(34-17-21-48(29-34)30(2)50)24-36(26-37)41-14-8-11-20-49(41)31(3)51/h5-7,12-13,15-16,22,24-26,34,39-42,46,52H,4,8-11,14,17-21,23,27-29H2,1-3H3,(H,47,53)/t34-,39+,40+,41-,42-/m1/s1. The predicted molar refractivity (Wildman–Crippen MR) is 210 cm³/mol. The number of aliphatic hydroxyl groups is 1. The van der Waals surface area contributed by atoms with Crippen molar-refractivity contribution < 1.29 is 24.2 Å². The number of rotatable bonds is 11. The average molecular weight is 735 g/mol. The highest BCUT2D eigenvalue weighted by Gasteiger charge is 2.43. The van der Waals surface area contributed by atoms with Gasteiger partial charge < -0.3 is 30.3 Å². The first-order valence-electron chi connectivity index (χ1n) is 20.4. The van der Waals surface area contributed by atoms with Crippen LogP contribution in [0.3, 0.4) is 0 Å². The Bertz CT molecular complexity index is 1810. The van der Waals surface area contributed by atoms with Crippen molar-refractivity contribution in [3.63, 3.8) is 0 Å². The molecule has 3 fully saturated rings. The van der Waals surface area contributed by atoms with Gasteiger partial charge in [-0.3, -0.25) is 14.4 Å². The van der Waals surface area contributed by atoms with E-state index in [2.05, 4.69) is 41.8 Å². The number of aryl methyl sites for hydroxylation is 1. The quantitative estimate of drug-likeness (QED) is 0.200. The topological polar surface area (TPSA) is 111 Å². The molecule has 9 heteroatoms. The van der Waals surface area contributed by atoms with Gasteiger partial charge in [0.25, 0.3) is 5.91 Å². The average Bonchev–Trinajstić information content (AvgIpc) is 3.87. The van der Waals surface area contributed by atoms with Crippen LogP contribution >= 0.6 is 0 Å². The van der Waals surface area contributed by atoms with Gasteiger partial charge in [-0.1, -0.05) is 55.5 Å². The molecule has 54 heavy (non-hydrogen) atoms. The summed E-state index contributed by atoms with van der Waals surface area (Å²) in [7, 11) is 0. The Kier molecular flexibility index (Phi) is 11.7. The van der Waals surface area contributed by atoms with E-state index in [0.29, 0.717) is 38.2 Å². The summed E-state index contributed by atoms with van der Waals surface area (Å²) in [6.07, 6.45) is 9.42. The van der Waals surface area contributed by atoms with Gasteiger partial charge in [0, 0.05) is 69.5 Å². The van der Waals surface area contributed by atoms with Gasteiger partial charge >= 0.3 is 0 Å². The van der Waals surface area contributed by atoms with Crippen LogP contribution in [0.1, 0.15) is 135 Å². The van der Waals surface area contributed by atoms with Crippen LogP contribution in [0.4, 0.5) is 0 Å². The first kappa shape index (κ1) is 38.1. The van der Waals surface area contributed by atoms with Gasteiger partial charge in [-0.05, 0) is 105 Å². The Hall–Kier alpha value is -4.21. The van der Waals surface area contributed by atoms with Crippen molar-refractivity contribution in [2.24, 2.45) is 0 Å². The number of benzene rings is 3. The molecule has 2 saturated heterocycles. The zero-order valence-electron chi connectivity index (χ0n) is 32.3. The summed E-state index contributed by atoms with van der Waals surface area (Å²) < 4.78 is 6.68. The lowest BCUT2D eigenvalue weighted by Gasteiger charge is -2.41. The number of hydrogen-bond donors (Lipinski definition) is 3. The minimum absolute atomic E-state index is 0.0287. The number of amides is 3. The fraction of sp³-hybridized carbons (Fsp3) is 0.533. The van der Waals surface area contributed by atoms with Crippen LogP contribution in [-0.4, -0.2) is 76.6 Å². The smallest absolute Gasteiger partial charge is 0.251 e. The summed E-state index contributed by atoms with van der Waals surface area (Å²) in [5, 5.41) is 19.0. The number of likely N-dealkylation sites (tertiary alicyclic amines) is 2. The maximum atomic E-state index is 14.4. The second kappa shape index (κ2) is 16.7. The van der Waals surface area contributed by atoms with E-state index in [0.717, 1.165) is 92.2 Å². The molecular weight excluding hydrogens is 677 g/mol. The van der Waals surface area contributed by atoms with Crippen molar-refractivity contribution in [2.75, 3.05) is 26.2 Å². The van der Waals surface area contributed by atoms with E-state index < -0.39 is 12.1 Å². The highest BCUT2D eigenvalue weighted by molar-refractivity contribution is 5.95. The molecule has 0 radical (unpaired) electrons. The molecule has 5 atom stereocenters. The Balaban J connectivity index is 1.15. The highest BCUT2D eigenvalue weighted by Crippen LogP contribution is 2.47. The van der Waals surface area contributed by atoms with Gasteiger partial charge in [0.1, 0.15) is 11.4 Å². The van der Waals surface area contributed by atoms with Crippen molar-refractivity contribution in [3.05, 3.63) is 100 Å². The number of nitrogens with one attached hydrogen (secondary N) is 2. The largest absolute Gasteiger partial charge is 0.487 e. The maximum Gasteiger partial charge on any atom is 0.251 e. The van der Waals surface area contributed by atoms with Crippen molar-refractivity contribution in [1.29, 1.82) is 0 Å². The third-order valence-corrected chi connectivity index (χ3v) is 12.6. The fourth-order valence-corrected chi connectivity index (χ4v) is 9.47. The summed E-state index contributed by atoms with van der Waals surface area (Å²) in [4.78, 5) is 43.3. The molecule has 9 nitrogen and oxygen atoms in total. The number of piperidine rings is 1. The minimum Gasteiger partial charge on any atom is -0.487 e. The number of nitrogens with zero attached hydrogens (tertiary/aromatic N) is 2. The van der Waals surface area contributed by atoms with Gasteiger partial charge in [0.05, 0.1) is 18.2 Å². The zero-order chi connectivity index (χ0) is 37.8. The summed E-state index contributed by atoms with van der Waals surface area (Å²) in [5.74, 6) is 0.880. The first-order valence-corrected chi connectivity index (χ1v) is 20.4. The van der Waals surface area contributed by atoms with Gasteiger partial charge in [-0.15, -0.1) is 0 Å². The van der Waals surface area contributed by atoms with E-state index in [9.17, 15) is 19.5 Å². The molecule has 288 valence electrons. The number of fused-ring (bicyclic) bond motifs is 1. The van der Waals surface area contributed by atoms with Crippen molar-refractivity contribution >= 4 is 17.7 Å². The third kappa shape index (κ3) is 8.52. The lowest BCUT2D eigenvalue weighted by Crippen LogP contribution is -2.50. The van der Waals surface area contributed by atoms with E-state index in [1.807, 2.05) is 52.3 Å². The number of aliphatic hydroxyl groups excluding tert-OH is 1. The van der Waals surface area contributed by atoms with Crippen LogP contribution in [0.25, 0.3) is 0 Å². The van der Waals surface area contributed by atoms with Crippen LogP contribution in [0, 0.1) is 0 Å². The second-order valence-electron chi connectivity index (χ2n) is 16.3. The molecule has 1 saturated carbocycles. The van der Waals surface area contributed by atoms with Gasteiger partial charge in [0.15, 0.2) is 0 Å². The van der Waals surface area contributed by atoms with E-state index in [-0.39, 0.29) is 41.3 Å². The molecule has 3 aromatic rings. The SMILES string of the molecule is CCc1ccc2c(c1)[C@@H](NC[C@@H](O)[C@H](Cc1ccccc1)NC(=O)c1cc([C@@H]3CCN(C(C)=O)C3)cc([C@H]3CCCCN3C(C)=O)c1)CC1(CCCC1)O2. The van der Waals surface area contributed by atoms with E-state index in [4.69, 9.17) is 4.74 Å². The fourth-order valence-electron chi connectivity index (χ4n) is 9.47. The second-order valence-corrected chi connectivity index (χ2v) is 16.3. The van der Waals surface area contributed by atoms with E-state index in [1.165, 1.54) is 5.56 Å². The van der Waals surface area contributed by atoms with Gasteiger partial charge in [0.2, 0.25) is 11.8 Å². The number of carbonyl (C=O) groups excluding carboxylic acids is 3. The maximum absolute atomic E-state index is 14.4. The van der Waals surface area contributed by atoms with Crippen LogP contribution < -0.4 is 15.4 Å². The first-order chi connectivity index (χ1) is 26.1. The monoisotopic (exact) mass is 734 g/mol. The van der Waals surface area contributed by atoms with E-state index >= 15 is 0 Å². The normalized spacial score (nSPS) is 23.1. The molecule has 3 heterocycles. The molecule has 0 bridgehead atoms. The summed E-state index contributed by atoms with van der Waals surface area (Å²) >= 11 is 0. The number of carbonyl (C=O) groups is 3. The number of hydrogen-bond acceptors (Lipinski definition) is 6. The summed E-state index contributed by atoms with van der Waals surface area (Å²) in [6, 6.07) is 21.9. The third-order valence-electron chi connectivity index (χ3n) is 12.6. The number of ether oxygens (including phenoxy) is 1. The molecule has 1 aliphatic carbocycles. The molecule has 3 N–H and O–H groups in total. The summed E-state index contributed by atoms with van der Waals surface area (Å²) in [6.45, 7) is 7.69. The van der Waals surface area contributed by atoms with Crippen LogP contribution in [0.5, 0.6) is 5.75 Å². The van der Waals surface area contributed by atoms with E-state index in [1.54, 1.807) is 13.8 Å². The Morgan fingerprint density at radius 3 is 2.39 bits per heavy atom. The molecule has 4 aliphatic rings. The molecule has 0 unspecified atom stereocenters. The van der Waals surface area contributed by atoms with Crippen molar-refractivity contribution in [2.45, 2.75) is 127 Å². The Morgan fingerprint density at radius 2 is 1.67 bits per heavy atom. The molecule has 1 spiro atoms. The lowest BCUT2D eigenvalue weighted by molar-refractivity contribution is -0.132. The van der Waals surface area contributed by atoms with Crippen LogP contribution in [0.15, 0.2) is 66.7 Å². The molecule has 3 aliphatic heterocycles. The molecular formula is C45H58N4O5. The Labute approximate surface area is 320 Å². The molecule has 0 aromatic heterocycles. The molecule has 3 aromatic carbocycles. The van der Waals surface area contributed by atoms with Crippen molar-refractivity contribution in [3.8, 4) is 5.75 Å². The van der Waals surface area contributed by atoms with Crippen LogP contribution in [0.2, 0.25) is 0 Å². The molecule has 7 rings (SSSR count). The van der Waals surface area contributed by atoms with Crippen molar-refractivity contribution in [1.82, 2.24) is 20.4 Å². The van der Waals surface area contributed by atoms with Crippen LogP contribution in [-0.2, 0) is 22.4 Å². The molecule has 3 amide bonds.